The van der Waals surface area contributed by atoms with Crippen LogP contribution in [0.3, 0.4) is 0 Å². The quantitative estimate of drug-likeness (QED) is 0.318. The van der Waals surface area contributed by atoms with Gasteiger partial charge in [0.05, 0.1) is 18.8 Å². The minimum atomic E-state index is -0.0974. The molecule has 1 fully saturated rings. The standard InChI is InChI=1S/C29H30N4OS/c1-19(2)21-9-11-23(12-10-21)33-28(27(31-29(33)35)25-7-5-6-18-30-25)26-17-8-20(3)32(26)22-13-15-24(34-4)16-14-22/h5-19,27-28H,1-4H3,(H,31,35)/t27-,28+/m0/s1. The molecule has 0 bridgehead atoms. The van der Waals surface area contributed by atoms with Crippen LogP contribution in [0.1, 0.15) is 54.5 Å². The van der Waals surface area contributed by atoms with E-state index in [4.69, 9.17) is 21.9 Å². The molecule has 2 aromatic heterocycles. The zero-order valence-electron chi connectivity index (χ0n) is 20.5. The van der Waals surface area contributed by atoms with E-state index in [0.717, 1.165) is 34.2 Å². The zero-order chi connectivity index (χ0) is 24.5. The van der Waals surface area contributed by atoms with Gasteiger partial charge in [0.1, 0.15) is 11.8 Å². The van der Waals surface area contributed by atoms with Gasteiger partial charge in [-0.15, -0.1) is 0 Å². The Hall–Kier alpha value is -3.64. The van der Waals surface area contributed by atoms with Crippen LogP contribution in [0.25, 0.3) is 5.69 Å². The topological polar surface area (TPSA) is 42.3 Å². The number of methoxy groups -OCH3 is 1. The maximum atomic E-state index is 5.92. The minimum Gasteiger partial charge on any atom is -0.497 e. The summed E-state index contributed by atoms with van der Waals surface area (Å²) in [5.41, 5.74) is 6.70. The van der Waals surface area contributed by atoms with E-state index in [1.54, 1.807) is 7.11 Å². The maximum absolute atomic E-state index is 5.92. The molecule has 4 aromatic rings. The number of hydrogen-bond donors (Lipinski definition) is 1. The molecule has 178 valence electrons. The van der Waals surface area contributed by atoms with Crippen LogP contribution in [-0.2, 0) is 0 Å². The second kappa shape index (κ2) is 9.55. The summed E-state index contributed by atoms with van der Waals surface area (Å²) in [6.07, 6.45) is 1.84. The molecule has 1 aliphatic heterocycles. The lowest BCUT2D eigenvalue weighted by Gasteiger charge is -2.29. The molecule has 0 radical (unpaired) electrons. The lowest BCUT2D eigenvalue weighted by Crippen LogP contribution is -2.30. The van der Waals surface area contributed by atoms with E-state index in [2.05, 4.69) is 90.2 Å². The van der Waals surface area contributed by atoms with E-state index in [9.17, 15) is 0 Å². The lowest BCUT2D eigenvalue weighted by atomic mass is 9.99. The smallest absolute Gasteiger partial charge is 0.174 e. The SMILES string of the molecule is COc1ccc(-n2c(C)ccc2[C@@H]2[C@H](c3ccccn3)NC(=S)N2c2ccc(C(C)C)cc2)cc1. The van der Waals surface area contributed by atoms with Gasteiger partial charge in [0, 0.05) is 29.0 Å². The van der Waals surface area contributed by atoms with Crippen LogP contribution >= 0.6 is 12.2 Å². The van der Waals surface area contributed by atoms with Gasteiger partial charge >= 0.3 is 0 Å². The molecular weight excluding hydrogens is 452 g/mol. The molecule has 2 atom stereocenters. The molecule has 0 spiro atoms. The molecule has 2 aromatic carbocycles. The van der Waals surface area contributed by atoms with Crippen molar-refractivity contribution in [2.45, 2.75) is 38.8 Å². The van der Waals surface area contributed by atoms with E-state index >= 15 is 0 Å². The highest BCUT2D eigenvalue weighted by molar-refractivity contribution is 7.80. The van der Waals surface area contributed by atoms with Crippen molar-refractivity contribution in [2.24, 2.45) is 0 Å². The highest BCUT2D eigenvalue weighted by atomic mass is 32.1. The van der Waals surface area contributed by atoms with Crippen LogP contribution in [0, 0.1) is 6.92 Å². The second-order valence-corrected chi connectivity index (χ2v) is 9.56. The number of aromatic nitrogens is 2. The first-order valence-corrected chi connectivity index (χ1v) is 12.3. The molecule has 0 saturated carbocycles. The summed E-state index contributed by atoms with van der Waals surface area (Å²) in [5, 5.41) is 4.27. The number of benzene rings is 2. The predicted molar refractivity (Wildman–Crippen MR) is 146 cm³/mol. The molecule has 35 heavy (non-hydrogen) atoms. The van der Waals surface area contributed by atoms with Crippen LogP contribution in [0.5, 0.6) is 5.75 Å². The fourth-order valence-corrected chi connectivity index (χ4v) is 5.17. The van der Waals surface area contributed by atoms with Crippen LogP contribution in [0.2, 0.25) is 0 Å². The number of nitrogens with one attached hydrogen (secondary N) is 1. The van der Waals surface area contributed by atoms with Crippen LogP contribution < -0.4 is 15.0 Å². The third-order valence-electron chi connectivity index (χ3n) is 6.68. The minimum absolute atomic E-state index is 0.0851. The number of nitrogens with zero attached hydrogens (tertiary/aromatic N) is 3. The van der Waals surface area contributed by atoms with Crippen molar-refractivity contribution in [2.75, 3.05) is 12.0 Å². The summed E-state index contributed by atoms with van der Waals surface area (Å²) < 4.78 is 7.68. The second-order valence-electron chi connectivity index (χ2n) is 9.18. The van der Waals surface area contributed by atoms with Crippen molar-refractivity contribution in [1.29, 1.82) is 0 Å². The number of pyridine rings is 1. The fourth-order valence-electron chi connectivity index (χ4n) is 4.83. The van der Waals surface area contributed by atoms with E-state index in [1.807, 2.05) is 30.5 Å². The Morgan fingerprint density at radius 1 is 0.914 bits per heavy atom. The Labute approximate surface area is 212 Å². The third-order valence-corrected chi connectivity index (χ3v) is 6.99. The molecule has 1 saturated heterocycles. The number of thiocarbonyl (C=S) groups is 1. The van der Waals surface area contributed by atoms with E-state index < -0.39 is 0 Å². The summed E-state index contributed by atoms with van der Waals surface area (Å²) in [6, 6.07) is 27.1. The van der Waals surface area contributed by atoms with Crippen molar-refractivity contribution < 1.29 is 4.74 Å². The van der Waals surface area contributed by atoms with Gasteiger partial charge in [0.15, 0.2) is 5.11 Å². The fraction of sp³-hybridized carbons (Fsp3) is 0.241. The van der Waals surface area contributed by atoms with Crippen molar-refractivity contribution >= 4 is 23.0 Å². The molecule has 0 aliphatic carbocycles. The molecule has 0 amide bonds. The lowest BCUT2D eigenvalue weighted by molar-refractivity contribution is 0.414. The molecule has 5 rings (SSSR count). The van der Waals surface area contributed by atoms with Crippen molar-refractivity contribution in [3.05, 3.63) is 108 Å². The average molecular weight is 483 g/mol. The normalized spacial score (nSPS) is 17.6. The molecule has 1 aliphatic rings. The Kier molecular flexibility index (Phi) is 6.31. The van der Waals surface area contributed by atoms with Gasteiger partial charge in [-0.1, -0.05) is 32.0 Å². The first-order valence-electron chi connectivity index (χ1n) is 11.9. The van der Waals surface area contributed by atoms with Gasteiger partial charge in [-0.05, 0) is 91.3 Å². The van der Waals surface area contributed by atoms with Gasteiger partial charge in [-0.3, -0.25) is 4.98 Å². The maximum Gasteiger partial charge on any atom is 0.174 e. The largest absolute Gasteiger partial charge is 0.497 e. The number of hydrogen-bond acceptors (Lipinski definition) is 3. The molecule has 5 nitrogen and oxygen atoms in total. The molecular formula is C29H30N4OS. The van der Waals surface area contributed by atoms with Gasteiger partial charge in [0.2, 0.25) is 0 Å². The summed E-state index contributed by atoms with van der Waals surface area (Å²) in [4.78, 5) is 6.92. The van der Waals surface area contributed by atoms with Crippen molar-refractivity contribution in [3.63, 3.8) is 0 Å². The summed E-state index contributed by atoms with van der Waals surface area (Å²) in [5.74, 6) is 1.31. The Balaban J connectivity index is 1.65. The first kappa shape index (κ1) is 23.1. The zero-order valence-corrected chi connectivity index (χ0v) is 21.3. The summed E-state index contributed by atoms with van der Waals surface area (Å²) in [6.45, 7) is 6.55. The Bertz CT molecular complexity index is 1310. The van der Waals surface area contributed by atoms with Crippen LogP contribution in [0.15, 0.2) is 85.1 Å². The Morgan fingerprint density at radius 2 is 1.63 bits per heavy atom. The molecule has 3 heterocycles. The van der Waals surface area contributed by atoms with Crippen molar-refractivity contribution in [1.82, 2.24) is 14.9 Å². The highest BCUT2D eigenvalue weighted by Crippen LogP contribution is 2.43. The van der Waals surface area contributed by atoms with Gasteiger partial charge in [0.25, 0.3) is 0 Å². The Morgan fingerprint density at radius 3 is 2.26 bits per heavy atom. The third kappa shape index (κ3) is 4.30. The van der Waals surface area contributed by atoms with E-state index in [-0.39, 0.29) is 12.1 Å². The first-order chi connectivity index (χ1) is 17.0. The number of anilines is 1. The summed E-state index contributed by atoms with van der Waals surface area (Å²) in [7, 11) is 1.69. The number of rotatable bonds is 6. The van der Waals surface area contributed by atoms with Crippen LogP contribution in [0.4, 0.5) is 5.69 Å². The molecule has 1 N–H and O–H groups in total. The van der Waals surface area contributed by atoms with Gasteiger partial charge in [-0.2, -0.15) is 0 Å². The van der Waals surface area contributed by atoms with E-state index in [1.165, 1.54) is 5.56 Å². The number of ether oxygens (including phenoxy) is 1. The highest BCUT2D eigenvalue weighted by Gasteiger charge is 2.42. The molecule has 0 unspecified atom stereocenters. The van der Waals surface area contributed by atoms with Crippen molar-refractivity contribution in [3.8, 4) is 11.4 Å². The van der Waals surface area contributed by atoms with Gasteiger partial charge in [-0.25, -0.2) is 0 Å². The summed E-state index contributed by atoms with van der Waals surface area (Å²) >= 11 is 5.92. The predicted octanol–water partition coefficient (Wildman–Crippen LogP) is 6.49. The van der Waals surface area contributed by atoms with E-state index in [0.29, 0.717) is 11.0 Å². The monoisotopic (exact) mass is 482 g/mol. The molecule has 6 heteroatoms. The van der Waals surface area contributed by atoms with Crippen LogP contribution in [-0.4, -0.2) is 21.8 Å². The number of aryl methyl sites for hydroxylation is 1. The van der Waals surface area contributed by atoms with Gasteiger partial charge < -0.3 is 19.5 Å². The average Bonchev–Trinajstić information content (AvgIpc) is 3.43.